The first-order valence-corrected chi connectivity index (χ1v) is 25.4. The SMILES string of the molecule is O=S(=O)(O)CCNc1c(F)c(F)c(-c2c3nc(c4ccc([nH]4)c(-c4c(F)c(F)c(NCCS(=O)(=O)O)c(F)c4F)c4ccc([nH]4)c(-c4c(F)c(F)c(NCCS(=O)(=O)O)c(F)c4F)c4ccc2[nH]4)C=C3)c(F)c1F. The van der Waals surface area contributed by atoms with E-state index in [2.05, 4.69) is 19.9 Å². The maximum Gasteiger partial charge on any atom is 0.266 e. The lowest BCUT2D eigenvalue weighted by Gasteiger charge is -2.15. The zero-order chi connectivity index (χ0) is 54.1. The number of nitrogens with zero attached hydrogens (tertiary/aromatic N) is 1. The fourth-order valence-electron chi connectivity index (χ4n) is 7.88. The Morgan fingerprint density at radius 3 is 0.892 bits per heavy atom. The number of nitrogens with one attached hydrogen (secondary N) is 6. The molecule has 0 aliphatic carbocycles. The molecule has 3 aromatic carbocycles. The predicted molar refractivity (Wildman–Crippen MR) is 246 cm³/mol. The monoisotopic (exact) mass is 1110 g/mol. The van der Waals surface area contributed by atoms with Gasteiger partial charge in [-0.2, -0.15) is 25.3 Å². The van der Waals surface area contributed by atoms with Crippen LogP contribution in [0.15, 0.2) is 36.4 Å². The summed E-state index contributed by atoms with van der Waals surface area (Å²) < 4.78 is 288. The Labute approximate surface area is 406 Å². The highest BCUT2D eigenvalue weighted by atomic mass is 32.2. The number of hydrogen-bond acceptors (Lipinski definition) is 10. The van der Waals surface area contributed by atoms with Crippen molar-refractivity contribution in [2.45, 2.75) is 0 Å². The normalized spacial score (nSPS) is 12.6. The van der Waals surface area contributed by atoms with Crippen molar-refractivity contribution in [1.29, 1.82) is 0 Å². The maximum atomic E-state index is 16.5. The Balaban J connectivity index is 1.50. The first-order valence-electron chi connectivity index (χ1n) is 20.6. The van der Waals surface area contributed by atoms with E-state index in [0.29, 0.717) is 0 Å². The molecule has 31 heteroatoms. The van der Waals surface area contributed by atoms with Gasteiger partial charge in [-0.15, -0.1) is 0 Å². The molecule has 0 fully saturated rings. The van der Waals surface area contributed by atoms with Crippen molar-refractivity contribution in [3.63, 3.8) is 0 Å². The third kappa shape index (κ3) is 10.0. The molecule has 16 nitrogen and oxygen atoms in total. The molecule has 0 spiro atoms. The van der Waals surface area contributed by atoms with E-state index in [-0.39, 0.29) is 11.2 Å². The van der Waals surface area contributed by atoms with Crippen molar-refractivity contribution < 1.29 is 91.6 Å². The summed E-state index contributed by atoms with van der Waals surface area (Å²) in [6.07, 6.45) is 2.12. The van der Waals surface area contributed by atoms with Gasteiger partial charge in [0.25, 0.3) is 30.4 Å². The fraction of sp³-hybridized carbons (Fsp3) is 0.140. The summed E-state index contributed by atoms with van der Waals surface area (Å²) in [6.45, 7) is -2.98. The van der Waals surface area contributed by atoms with Gasteiger partial charge in [0.2, 0.25) is 0 Å². The Morgan fingerprint density at radius 2 is 0.595 bits per heavy atom. The molecular weight excluding hydrogens is 1080 g/mol. The summed E-state index contributed by atoms with van der Waals surface area (Å²) in [7, 11) is -14.4. The van der Waals surface area contributed by atoms with Gasteiger partial charge in [0.05, 0.1) is 50.9 Å². The summed E-state index contributed by atoms with van der Waals surface area (Å²) in [5, 5.41) is 5.45. The highest BCUT2D eigenvalue weighted by molar-refractivity contribution is 7.86. The molecule has 8 bridgehead atoms. The quantitative estimate of drug-likeness (QED) is 0.0264. The van der Waals surface area contributed by atoms with Crippen LogP contribution in [-0.2, 0) is 30.4 Å². The molecular formula is C43H29F12N7O9S3. The number of aromatic nitrogens is 4. The summed E-state index contributed by atoms with van der Waals surface area (Å²) in [5.41, 5.74) is -16.3. The van der Waals surface area contributed by atoms with Gasteiger partial charge in [-0.25, -0.2) is 57.7 Å². The van der Waals surface area contributed by atoms with E-state index in [9.17, 15) is 25.3 Å². The Kier molecular flexibility index (Phi) is 14.0. The lowest BCUT2D eigenvalue weighted by Crippen LogP contribution is -2.17. The van der Waals surface area contributed by atoms with Crippen LogP contribution in [0.2, 0.25) is 0 Å². The predicted octanol–water partition coefficient (Wildman–Crippen LogP) is 9.27. The molecule has 74 heavy (non-hydrogen) atoms. The second-order valence-corrected chi connectivity index (χ2v) is 20.6. The van der Waals surface area contributed by atoms with E-state index in [0.717, 1.165) is 48.6 Å². The minimum atomic E-state index is -4.81. The molecule has 0 amide bonds. The van der Waals surface area contributed by atoms with E-state index in [4.69, 9.17) is 13.7 Å². The van der Waals surface area contributed by atoms with Gasteiger partial charge in [0.1, 0.15) is 17.1 Å². The minimum absolute atomic E-state index is 0.161. The molecule has 392 valence electrons. The number of H-pyrrole nitrogens is 3. The number of hydrogen-bond donors (Lipinski definition) is 9. The lowest BCUT2D eigenvalue weighted by molar-refractivity contribution is 0.462. The number of halogens is 12. The van der Waals surface area contributed by atoms with Crippen LogP contribution in [0.5, 0.6) is 0 Å². The Hall–Kier alpha value is -7.32. The minimum Gasteiger partial charge on any atom is -0.379 e. The number of rotatable bonds is 15. The molecule has 0 radical (unpaired) electrons. The van der Waals surface area contributed by atoms with Crippen molar-refractivity contribution in [2.24, 2.45) is 0 Å². The van der Waals surface area contributed by atoms with Gasteiger partial charge < -0.3 is 30.9 Å². The summed E-state index contributed by atoms with van der Waals surface area (Å²) in [6, 6.07) is 5.65. The van der Waals surface area contributed by atoms with Crippen molar-refractivity contribution >= 4 is 92.7 Å². The molecule has 8 rings (SSSR count). The van der Waals surface area contributed by atoms with Crippen LogP contribution < -0.4 is 16.0 Å². The van der Waals surface area contributed by atoms with Crippen LogP contribution in [0.25, 0.3) is 78.6 Å². The number of anilines is 3. The molecule has 0 saturated carbocycles. The van der Waals surface area contributed by atoms with Crippen molar-refractivity contribution in [1.82, 2.24) is 19.9 Å². The number of benzene rings is 3. The van der Waals surface area contributed by atoms with Gasteiger partial charge in [-0.3, -0.25) is 13.7 Å². The highest BCUT2D eigenvalue weighted by Crippen LogP contribution is 2.44. The standard InChI is InChI=1S/C43H29F12N7O9S3/c44-29-26(30(45)36(51)41(35(29)50)56-9-12-72(63,64)65)23-17-3-1-15(59-17)16-2-4-18(60-16)24(27-31(46)37(52)42(38(53)32(27)47)57-10-13-73(66,67)68)20-6-8-22(62-20)25(21-7-5-19(23)61-21)28-33(48)39(54)43(40(55)34(28)49)58-11-14-74(69,70)71/h1-8,56-59,61-62H,9-14H2,(H,63,64,65)(H,66,67,68)(H,69,70,71). The Morgan fingerprint density at radius 1 is 0.351 bits per heavy atom. The van der Waals surface area contributed by atoms with E-state index in [1.165, 1.54) is 0 Å². The van der Waals surface area contributed by atoms with Gasteiger partial charge in [0.15, 0.2) is 69.8 Å². The highest BCUT2D eigenvalue weighted by Gasteiger charge is 2.33. The fourth-order valence-corrected chi connectivity index (χ4v) is 8.96. The average molecular weight is 1110 g/mol. The van der Waals surface area contributed by atoms with Gasteiger partial charge in [-0.05, 0) is 48.6 Å². The molecule has 0 unspecified atom stereocenters. The summed E-state index contributed by atoms with van der Waals surface area (Å²) in [5.74, 6) is -29.9. The zero-order valence-corrected chi connectivity index (χ0v) is 38.8. The average Bonchev–Trinajstić information content (AvgIpc) is 4.17. The summed E-state index contributed by atoms with van der Waals surface area (Å²) >= 11 is 0. The van der Waals surface area contributed by atoms with Crippen molar-refractivity contribution in [3.8, 4) is 33.4 Å². The van der Waals surface area contributed by atoms with E-state index >= 15 is 52.7 Å². The zero-order valence-electron chi connectivity index (χ0n) is 36.4. The number of aromatic amines is 3. The Bertz CT molecular complexity index is 3950. The van der Waals surface area contributed by atoms with E-state index in [1.807, 2.05) is 10.6 Å². The first-order chi connectivity index (χ1) is 34.6. The molecule has 0 saturated heterocycles. The van der Waals surface area contributed by atoms with E-state index in [1.54, 1.807) is 5.32 Å². The topological polar surface area (TPSA) is 259 Å². The van der Waals surface area contributed by atoms with Gasteiger partial charge in [-0.1, -0.05) is 0 Å². The second kappa shape index (κ2) is 19.5. The smallest absolute Gasteiger partial charge is 0.266 e. The van der Waals surface area contributed by atoms with Crippen LogP contribution in [0.3, 0.4) is 0 Å². The van der Waals surface area contributed by atoms with Crippen molar-refractivity contribution in [3.05, 3.63) is 118 Å². The van der Waals surface area contributed by atoms with Gasteiger partial charge >= 0.3 is 0 Å². The second-order valence-electron chi connectivity index (χ2n) is 15.9. The summed E-state index contributed by atoms with van der Waals surface area (Å²) in [4.78, 5) is 12.0. The van der Waals surface area contributed by atoms with Crippen LogP contribution in [0, 0.1) is 69.8 Å². The molecule has 1 aliphatic rings. The molecule has 0 atom stereocenters. The number of fused-ring (bicyclic) bond motifs is 9. The molecule has 7 aromatic rings. The molecule has 4 aromatic heterocycles. The largest absolute Gasteiger partial charge is 0.379 e. The lowest BCUT2D eigenvalue weighted by atomic mass is 10.0. The van der Waals surface area contributed by atoms with Crippen LogP contribution >= 0.6 is 0 Å². The van der Waals surface area contributed by atoms with E-state index < -0.39 is 221 Å². The third-order valence-corrected chi connectivity index (χ3v) is 13.3. The van der Waals surface area contributed by atoms with Crippen molar-refractivity contribution in [2.75, 3.05) is 52.8 Å². The third-order valence-electron chi connectivity index (χ3n) is 11.1. The van der Waals surface area contributed by atoms with Gasteiger partial charge in [0, 0.05) is 63.9 Å². The van der Waals surface area contributed by atoms with Crippen LogP contribution in [-0.4, -0.2) is 95.7 Å². The first kappa shape index (κ1) is 53.0. The molecule has 1 aliphatic heterocycles. The maximum absolute atomic E-state index is 16.5. The van der Waals surface area contributed by atoms with Crippen LogP contribution in [0.1, 0.15) is 11.4 Å². The molecule has 9 N–H and O–H groups in total. The van der Waals surface area contributed by atoms with Crippen LogP contribution in [0.4, 0.5) is 69.7 Å². The molecule has 5 heterocycles.